The molecular weight excluding hydrogens is 267 g/mol. The van der Waals surface area contributed by atoms with E-state index in [0.717, 1.165) is 16.5 Å². The number of hydrogen-bond acceptors (Lipinski definition) is 3. The number of benzene rings is 2. The molecule has 0 saturated heterocycles. The van der Waals surface area contributed by atoms with Gasteiger partial charge >= 0.3 is 0 Å². The molecule has 0 bridgehead atoms. The third kappa shape index (κ3) is 2.45. The van der Waals surface area contributed by atoms with Gasteiger partial charge in [0.2, 0.25) is 0 Å². The van der Waals surface area contributed by atoms with Crippen molar-refractivity contribution < 1.29 is 8.91 Å². The van der Waals surface area contributed by atoms with Gasteiger partial charge in [0.05, 0.1) is 0 Å². The molecule has 0 amide bonds. The van der Waals surface area contributed by atoms with E-state index >= 15 is 0 Å². The summed E-state index contributed by atoms with van der Waals surface area (Å²) < 4.78 is 18.5. The van der Waals surface area contributed by atoms with Crippen LogP contribution in [0.5, 0.6) is 0 Å². The number of aromatic nitrogens is 1. The zero-order valence-corrected chi connectivity index (χ0v) is 11.4. The third-order valence-corrected chi connectivity index (χ3v) is 3.47. The summed E-state index contributed by atoms with van der Waals surface area (Å²) in [6.45, 7) is 3.72. The smallest absolute Gasteiger partial charge is 0.170 e. The molecule has 2 aromatic carbocycles. The topological polar surface area (TPSA) is 52.0 Å². The first-order valence-electron chi connectivity index (χ1n) is 6.71. The van der Waals surface area contributed by atoms with Crippen LogP contribution in [0.2, 0.25) is 0 Å². The largest absolute Gasteiger partial charge is 0.356 e. The molecule has 0 fully saturated rings. The lowest BCUT2D eigenvalue weighted by atomic mass is 9.95. The van der Waals surface area contributed by atoms with Crippen molar-refractivity contribution in [1.29, 1.82) is 0 Å². The lowest BCUT2D eigenvalue weighted by Gasteiger charge is -2.13. The highest BCUT2D eigenvalue weighted by Crippen LogP contribution is 2.33. The Labute approximate surface area is 121 Å². The predicted molar refractivity (Wildman–Crippen MR) is 81.1 cm³/mol. The number of nitrogens with two attached hydrogens (primary N) is 1. The van der Waals surface area contributed by atoms with Crippen LogP contribution in [0.1, 0.15) is 18.0 Å². The number of fused-ring (bicyclic) bond motifs is 1. The second-order valence-electron chi connectivity index (χ2n) is 4.89. The molecule has 21 heavy (non-hydrogen) atoms. The maximum atomic E-state index is 13.2. The summed E-state index contributed by atoms with van der Waals surface area (Å²) in [5.74, 6) is -0.346. The van der Waals surface area contributed by atoms with Gasteiger partial charge in [-0.1, -0.05) is 35.5 Å². The summed E-state index contributed by atoms with van der Waals surface area (Å²) in [6, 6.07) is 12.0. The molecule has 1 aromatic heterocycles. The second kappa shape index (κ2) is 5.50. The van der Waals surface area contributed by atoms with E-state index in [0.29, 0.717) is 17.7 Å². The molecule has 2 N–H and O–H groups in total. The fourth-order valence-electron chi connectivity index (χ4n) is 2.45. The van der Waals surface area contributed by atoms with Crippen molar-refractivity contribution in [3.8, 4) is 11.3 Å². The van der Waals surface area contributed by atoms with Crippen LogP contribution in [0.25, 0.3) is 22.2 Å². The van der Waals surface area contributed by atoms with E-state index in [1.807, 2.05) is 24.3 Å². The molecule has 1 heterocycles. The van der Waals surface area contributed by atoms with Crippen LogP contribution < -0.4 is 5.73 Å². The van der Waals surface area contributed by atoms with Crippen molar-refractivity contribution in [2.24, 2.45) is 5.73 Å². The Morgan fingerprint density at radius 3 is 2.90 bits per heavy atom. The van der Waals surface area contributed by atoms with Gasteiger partial charge in [-0.15, -0.1) is 6.58 Å². The molecular formula is C17H15FN2O. The minimum absolute atomic E-state index is 0.161. The molecule has 1 atom stereocenters. The standard InChI is InChI=1S/C17H15FN2O/c1-2-5-15(19)12-6-3-4-7-13(12)17-14-9-8-11(18)10-16(14)21-20-17/h2-4,6-10,15H,1,5,19H2/t15-/m0/s1. The zero-order valence-electron chi connectivity index (χ0n) is 11.4. The van der Waals surface area contributed by atoms with Gasteiger partial charge in [0, 0.05) is 23.1 Å². The Morgan fingerprint density at radius 1 is 1.29 bits per heavy atom. The van der Waals surface area contributed by atoms with Gasteiger partial charge in [-0.2, -0.15) is 0 Å². The van der Waals surface area contributed by atoms with Gasteiger partial charge in [0.15, 0.2) is 5.58 Å². The van der Waals surface area contributed by atoms with Crippen LogP contribution in [0.4, 0.5) is 4.39 Å². The highest BCUT2D eigenvalue weighted by Gasteiger charge is 2.17. The Bertz CT molecular complexity index is 794. The molecule has 0 radical (unpaired) electrons. The van der Waals surface area contributed by atoms with Crippen molar-refractivity contribution in [3.63, 3.8) is 0 Å². The maximum Gasteiger partial charge on any atom is 0.170 e. The SMILES string of the molecule is C=CC[C@H](N)c1ccccc1-c1noc2cc(F)ccc12. The maximum absolute atomic E-state index is 13.2. The number of hydrogen-bond donors (Lipinski definition) is 1. The first-order valence-corrected chi connectivity index (χ1v) is 6.71. The number of rotatable bonds is 4. The number of nitrogens with zero attached hydrogens (tertiary/aromatic N) is 1. The van der Waals surface area contributed by atoms with Crippen LogP contribution in [-0.2, 0) is 0 Å². The van der Waals surface area contributed by atoms with Crippen LogP contribution in [0, 0.1) is 5.82 Å². The quantitative estimate of drug-likeness (QED) is 0.729. The summed E-state index contributed by atoms with van der Waals surface area (Å²) in [7, 11) is 0. The zero-order chi connectivity index (χ0) is 14.8. The van der Waals surface area contributed by atoms with E-state index in [-0.39, 0.29) is 11.9 Å². The lowest BCUT2D eigenvalue weighted by molar-refractivity contribution is 0.457. The Hall–Kier alpha value is -2.46. The van der Waals surface area contributed by atoms with Crippen molar-refractivity contribution in [2.45, 2.75) is 12.5 Å². The molecule has 0 aliphatic carbocycles. The van der Waals surface area contributed by atoms with Crippen molar-refractivity contribution in [1.82, 2.24) is 5.16 Å². The first kappa shape index (κ1) is 13.5. The van der Waals surface area contributed by atoms with Crippen molar-refractivity contribution >= 4 is 11.0 Å². The molecule has 0 aliphatic heterocycles. The van der Waals surface area contributed by atoms with Crippen LogP contribution in [-0.4, -0.2) is 5.16 Å². The first-order chi connectivity index (χ1) is 10.2. The van der Waals surface area contributed by atoms with E-state index < -0.39 is 0 Å². The fourth-order valence-corrected chi connectivity index (χ4v) is 2.45. The lowest BCUT2D eigenvalue weighted by Crippen LogP contribution is -2.10. The summed E-state index contributed by atoms with van der Waals surface area (Å²) in [6.07, 6.45) is 2.46. The average Bonchev–Trinajstić information content (AvgIpc) is 2.90. The molecule has 0 aliphatic rings. The molecule has 3 nitrogen and oxygen atoms in total. The second-order valence-corrected chi connectivity index (χ2v) is 4.89. The summed E-state index contributed by atoms with van der Waals surface area (Å²) in [5.41, 5.74) is 9.17. The monoisotopic (exact) mass is 282 g/mol. The van der Waals surface area contributed by atoms with Crippen LogP contribution in [0.3, 0.4) is 0 Å². The minimum atomic E-state index is -0.346. The van der Waals surface area contributed by atoms with E-state index in [1.54, 1.807) is 12.1 Å². The van der Waals surface area contributed by atoms with Gasteiger partial charge in [-0.25, -0.2) is 4.39 Å². The van der Waals surface area contributed by atoms with E-state index in [2.05, 4.69) is 11.7 Å². The van der Waals surface area contributed by atoms with Crippen molar-refractivity contribution in [2.75, 3.05) is 0 Å². The van der Waals surface area contributed by atoms with Gasteiger partial charge in [-0.3, -0.25) is 0 Å². The molecule has 0 saturated carbocycles. The Balaban J connectivity index is 2.17. The summed E-state index contributed by atoms with van der Waals surface area (Å²) in [5, 5.41) is 4.86. The fraction of sp³-hybridized carbons (Fsp3) is 0.118. The predicted octanol–water partition coefficient (Wildman–Crippen LogP) is 4.21. The van der Waals surface area contributed by atoms with E-state index in [4.69, 9.17) is 10.3 Å². The van der Waals surface area contributed by atoms with Crippen LogP contribution in [0.15, 0.2) is 59.6 Å². The van der Waals surface area contributed by atoms with Gasteiger partial charge in [-0.05, 0) is 24.1 Å². The molecule has 0 spiro atoms. The van der Waals surface area contributed by atoms with Gasteiger partial charge in [0.25, 0.3) is 0 Å². The van der Waals surface area contributed by atoms with E-state index in [9.17, 15) is 4.39 Å². The normalized spacial score (nSPS) is 12.5. The average molecular weight is 282 g/mol. The third-order valence-electron chi connectivity index (χ3n) is 3.47. The van der Waals surface area contributed by atoms with Gasteiger partial charge in [0.1, 0.15) is 11.5 Å². The highest BCUT2D eigenvalue weighted by molar-refractivity contribution is 5.92. The summed E-state index contributed by atoms with van der Waals surface area (Å²) >= 11 is 0. The minimum Gasteiger partial charge on any atom is -0.356 e. The molecule has 3 rings (SSSR count). The molecule has 4 heteroatoms. The molecule has 3 aromatic rings. The van der Waals surface area contributed by atoms with Gasteiger partial charge < -0.3 is 10.3 Å². The van der Waals surface area contributed by atoms with Crippen LogP contribution >= 0.6 is 0 Å². The van der Waals surface area contributed by atoms with Crippen molar-refractivity contribution in [3.05, 3.63) is 66.5 Å². The molecule has 106 valence electrons. The Morgan fingerprint density at radius 2 is 2.10 bits per heavy atom. The number of halogens is 1. The van der Waals surface area contributed by atoms with E-state index in [1.165, 1.54) is 12.1 Å². The Kier molecular flexibility index (Phi) is 3.54. The summed E-state index contributed by atoms with van der Waals surface area (Å²) in [4.78, 5) is 0. The molecule has 0 unspecified atom stereocenters. The highest BCUT2D eigenvalue weighted by atomic mass is 19.1.